The van der Waals surface area contributed by atoms with E-state index >= 15 is 0 Å². The Kier molecular flexibility index (Phi) is 6.18. The van der Waals surface area contributed by atoms with Crippen molar-refractivity contribution < 1.29 is 9.84 Å². The molecular weight excluding hydrogens is 264 g/mol. The SMILES string of the molecule is CNC(CCN1CC(C)OC(CO)C1)c1cccc(C)c1. The van der Waals surface area contributed by atoms with Crippen molar-refractivity contribution in [1.82, 2.24) is 10.2 Å². The fourth-order valence-corrected chi connectivity index (χ4v) is 3.10. The van der Waals surface area contributed by atoms with E-state index in [-0.39, 0.29) is 18.8 Å². The van der Waals surface area contributed by atoms with Crippen LogP contribution < -0.4 is 5.32 Å². The Morgan fingerprint density at radius 2 is 2.24 bits per heavy atom. The first-order chi connectivity index (χ1) is 10.1. The molecule has 0 radical (unpaired) electrons. The van der Waals surface area contributed by atoms with Gasteiger partial charge in [-0.3, -0.25) is 4.90 Å². The Morgan fingerprint density at radius 3 is 2.90 bits per heavy atom. The number of hydrogen-bond acceptors (Lipinski definition) is 4. The van der Waals surface area contributed by atoms with Crippen LogP contribution in [0.3, 0.4) is 0 Å². The minimum absolute atomic E-state index is 0.0410. The van der Waals surface area contributed by atoms with Gasteiger partial charge in [-0.2, -0.15) is 0 Å². The van der Waals surface area contributed by atoms with Crippen LogP contribution >= 0.6 is 0 Å². The van der Waals surface area contributed by atoms with Gasteiger partial charge in [0.2, 0.25) is 0 Å². The van der Waals surface area contributed by atoms with Gasteiger partial charge in [0, 0.05) is 25.7 Å². The van der Waals surface area contributed by atoms with E-state index in [0.717, 1.165) is 26.1 Å². The normalized spacial score (nSPS) is 25.0. The zero-order valence-corrected chi connectivity index (χ0v) is 13.4. The summed E-state index contributed by atoms with van der Waals surface area (Å²) in [5.74, 6) is 0. The summed E-state index contributed by atoms with van der Waals surface area (Å²) < 4.78 is 5.69. The Balaban J connectivity index is 1.91. The molecule has 1 aromatic carbocycles. The number of rotatable bonds is 6. The molecule has 0 aromatic heterocycles. The second-order valence-corrected chi connectivity index (χ2v) is 6.05. The minimum Gasteiger partial charge on any atom is -0.394 e. The van der Waals surface area contributed by atoms with Gasteiger partial charge >= 0.3 is 0 Å². The van der Waals surface area contributed by atoms with E-state index in [1.54, 1.807) is 0 Å². The lowest BCUT2D eigenvalue weighted by molar-refractivity contribution is -0.0955. The van der Waals surface area contributed by atoms with Crippen molar-refractivity contribution in [3.8, 4) is 0 Å². The molecule has 3 atom stereocenters. The maximum absolute atomic E-state index is 9.29. The number of aliphatic hydroxyl groups is 1. The summed E-state index contributed by atoms with van der Waals surface area (Å²) >= 11 is 0. The number of aliphatic hydroxyl groups excluding tert-OH is 1. The summed E-state index contributed by atoms with van der Waals surface area (Å²) in [4.78, 5) is 2.40. The van der Waals surface area contributed by atoms with E-state index < -0.39 is 0 Å². The lowest BCUT2D eigenvalue weighted by Crippen LogP contribution is -2.48. The second kappa shape index (κ2) is 7.90. The van der Waals surface area contributed by atoms with E-state index in [9.17, 15) is 5.11 Å². The van der Waals surface area contributed by atoms with E-state index in [1.807, 2.05) is 7.05 Å². The van der Waals surface area contributed by atoms with Crippen LogP contribution in [-0.4, -0.2) is 55.5 Å². The van der Waals surface area contributed by atoms with Crippen molar-refractivity contribution in [3.63, 3.8) is 0 Å². The lowest BCUT2D eigenvalue weighted by atomic mass is 10.0. The summed E-state index contributed by atoms with van der Waals surface area (Å²) in [5.41, 5.74) is 2.64. The summed E-state index contributed by atoms with van der Waals surface area (Å²) in [6, 6.07) is 9.06. The maximum atomic E-state index is 9.29. The van der Waals surface area contributed by atoms with Gasteiger partial charge in [-0.25, -0.2) is 0 Å². The first kappa shape index (κ1) is 16.4. The quantitative estimate of drug-likeness (QED) is 0.838. The van der Waals surface area contributed by atoms with Crippen molar-refractivity contribution in [2.75, 3.05) is 33.3 Å². The molecule has 1 aromatic rings. The molecule has 1 saturated heterocycles. The predicted octanol–water partition coefficient (Wildman–Crippen LogP) is 1.73. The molecule has 4 nitrogen and oxygen atoms in total. The number of nitrogens with one attached hydrogen (secondary N) is 1. The number of hydrogen-bond donors (Lipinski definition) is 2. The highest BCUT2D eigenvalue weighted by molar-refractivity contribution is 5.25. The van der Waals surface area contributed by atoms with Crippen molar-refractivity contribution in [2.24, 2.45) is 0 Å². The summed E-state index contributed by atoms with van der Waals surface area (Å²) in [5, 5.41) is 12.7. The maximum Gasteiger partial charge on any atom is 0.0936 e. The third-order valence-electron chi connectivity index (χ3n) is 4.13. The first-order valence-corrected chi connectivity index (χ1v) is 7.85. The van der Waals surface area contributed by atoms with Gasteiger partial charge in [-0.15, -0.1) is 0 Å². The molecule has 3 unspecified atom stereocenters. The molecule has 0 spiro atoms. The highest BCUT2D eigenvalue weighted by Gasteiger charge is 2.25. The molecular formula is C17H28N2O2. The highest BCUT2D eigenvalue weighted by atomic mass is 16.5. The van der Waals surface area contributed by atoms with Gasteiger partial charge in [0.15, 0.2) is 0 Å². The molecule has 0 amide bonds. The molecule has 118 valence electrons. The van der Waals surface area contributed by atoms with Gasteiger partial charge in [0.05, 0.1) is 18.8 Å². The Labute approximate surface area is 128 Å². The largest absolute Gasteiger partial charge is 0.394 e. The fourth-order valence-electron chi connectivity index (χ4n) is 3.10. The van der Waals surface area contributed by atoms with E-state index in [4.69, 9.17) is 4.74 Å². The second-order valence-electron chi connectivity index (χ2n) is 6.05. The molecule has 1 aliphatic heterocycles. The van der Waals surface area contributed by atoms with Gasteiger partial charge in [-0.05, 0) is 32.9 Å². The van der Waals surface area contributed by atoms with Crippen LogP contribution in [0.4, 0.5) is 0 Å². The predicted molar refractivity (Wildman–Crippen MR) is 85.5 cm³/mol. The van der Waals surface area contributed by atoms with Gasteiger partial charge < -0.3 is 15.2 Å². The van der Waals surface area contributed by atoms with Crippen molar-refractivity contribution in [1.29, 1.82) is 0 Å². The zero-order valence-electron chi connectivity index (χ0n) is 13.4. The fraction of sp³-hybridized carbons (Fsp3) is 0.647. The lowest BCUT2D eigenvalue weighted by Gasteiger charge is -2.36. The Hall–Kier alpha value is -0.940. The smallest absolute Gasteiger partial charge is 0.0936 e. The van der Waals surface area contributed by atoms with Crippen LogP contribution in [0.2, 0.25) is 0 Å². The Bertz CT molecular complexity index is 439. The molecule has 1 aliphatic rings. The monoisotopic (exact) mass is 292 g/mol. The molecule has 4 heteroatoms. The third-order valence-corrected chi connectivity index (χ3v) is 4.13. The van der Waals surface area contributed by atoms with Crippen molar-refractivity contribution >= 4 is 0 Å². The van der Waals surface area contributed by atoms with Crippen LogP contribution in [-0.2, 0) is 4.74 Å². The van der Waals surface area contributed by atoms with Crippen LogP contribution in [0.1, 0.15) is 30.5 Å². The minimum atomic E-state index is -0.0410. The molecule has 0 bridgehead atoms. The van der Waals surface area contributed by atoms with Crippen LogP contribution in [0.25, 0.3) is 0 Å². The number of benzene rings is 1. The highest BCUT2D eigenvalue weighted by Crippen LogP contribution is 2.19. The summed E-state index contributed by atoms with van der Waals surface area (Å²) in [6.45, 7) is 7.10. The molecule has 2 N–H and O–H groups in total. The average Bonchev–Trinajstić information content (AvgIpc) is 2.47. The number of morpholine rings is 1. The standard InChI is InChI=1S/C17H28N2O2/c1-13-5-4-6-15(9-13)17(18-3)7-8-19-10-14(2)21-16(11-19)12-20/h4-6,9,14,16-18,20H,7-8,10-12H2,1-3H3. The first-order valence-electron chi connectivity index (χ1n) is 7.85. The third kappa shape index (κ3) is 4.78. The van der Waals surface area contributed by atoms with E-state index in [2.05, 4.69) is 48.3 Å². The van der Waals surface area contributed by atoms with Crippen LogP contribution in [0, 0.1) is 6.92 Å². The molecule has 21 heavy (non-hydrogen) atoms. The Morgan fingerprint density at radius 1 is 1.43 bits per heavy atom. The van der Waals surface area contributed by atoms with E-state index in [1.165, 1.54) is 11.1 Å². The molecule has 1 fully saturated rings. The van der Waals surface area contributed by atoms with Gasteiger partial charge in [-0.1, -0.05) is 29.8 Å². The molecule has 1 heterocycles. The number of aryl methyl sites for hydroxylation is 1. The van der Waals surface area contributed by atoms with Gasteiger partial charge in [0.1, 0.15) is 0 Å². The molecule has 0 aliphatic carbocycles. The number of ether oxygens (including phenoxy) is 1. The van der Waals surface area contributed by atoms with Crippen LogP contribution in [0.5, 0.6) is 0 Å². The summed E-state index contributed by atoms with van der Waals surface area (Å²) in [7, 11) is 2.02. The zero-order chi connectivity index (χ0) is 15.2. The van der Waals surface area contributed by atoms with Gasteiger partial charge in [0.25, 0.3) is 0 Å². The molecule has 0 saturated carbocycles. The average molecular weight is 292 g/mol. The topological polar surface area (TPSA) is 44.7 Å². The van der Waals surface area contributed by atoms with Crippen LogP contribution in [0.15, 0.2) is 24.3 Å². The summed E-state index contributed by atoms with van der Waals surface area (Å²) in [6.07, 6.45) is 1.22. The van der Waals surface area contributed by atoms with E-state index in [0.29, 0.717) is 6.04 Å². The van der Waals surface area contributed by atoms with Crippen molar-refractivity contribution in [2.45, 2.75) is 38.5 Å². The number of nitrogens with zero attached hydrogens (tertiary/aromatic N) is 1. The van der Waals surface area contributed by atoms with Crippen molar-refractivity contribution in [3.05, 3.63) is 35.4 Å². The molecule has 2 rings (SSSR count).